The zero-order chi connectivity index (χ0) is 27.5. The second kappa shape index (κ2) is 13.2. The van der Waals surface area contributed by atoms with Gasteiger partial charge in [0, 0.05) is 45.3 Å². The number of aromatic nitrogens is 3. The van der Waals surface area contributed by atoms with Crippen molar-refractivity contribution in [3.8, 4) is 0 Å². The van der Waals surface area contributed by atoms with E-state index in [1.54, 1.807) is 17.4 Å². The lowest BCUT2D eigenvalue weighted by Crippen LogP contribution is -2.40. The molecule has 0 saturated carbocycles. The fraction of sp³-hybridized carbons (Fsp3) is 0.519. The molecule has 3 aromatic heterocycles. The molecule has 0 aromatic carbocycles. The van der Waals surface area contributed by atoms with E-state index in [2.05, 4.69) is 30.3 Å². The summed E-state index contributed by atoms with van der Waals surface area (Å²) in [5.41, 5.74) is 7.15. The number of morpholine rings is 1. The van der Waals surface area contributed by atoms with Gasteiger partial charge in [-0.15, -0.1) is 0 Å². The number of nitrogens with zero attached hydrogens (tertiary/aromatic N) is 6. The van der Waals surface area contributed by atoms with E-state index < -0.39 is 0 Å². The number of nitrogens with one attached hydrogen (secondary N) is 2. The smallest absolute Gasteiger partial charge is 0.274 e. The molecule has 14 heteroatoms. The van der Waals surface area contributed by atoms with Gasteiger partial charge in [0.2, 0.25) is 5.91 Å². The van der Waals surface area contributed by atoms with Crippen LogP contribution in [0.15, 0.2) is 24.3 Å². The summed E-state index contributed by atoms with van der Waals surface area (Å²) < 4.78 is 6.43. The molecule has 4 N–H and O–H groups in total. The van der Waals surface area contributed by atoms with Crippen LogP contribution >= 0.6 is 24.8 Å². The van der Waals surface area contributed by atoms with E-state index in [9.17, 15) is 9.59 Å². The minimum atomic E-state index is -0.286. The van der Waals surface area contributed by atoms with E-state index in [0.29, 0.717) is 42.6 Å². The number of ether oxygens (including phenoxy) is 1. The number of thiazole rings is 1. The first-order valence-electron chi connectivity index (χ1n) is 14.0. The second-order valence-electron chi connectivity index (χ2n) is 10.4. The predicted octanol–water partition coefficient (Wildman–Crippen LogP) is 1.93. The van der Waals surface area contributed by atoms with Crippen LogP contribution in [0.3, 0.4) is 0 Å². The number of hydrogen-bond acceptors (Lipinski definition) is 11. The third-order valence-corrected chi connectivity index (χ3v) is 8.62. The Bertz CT molecular complexity index is 1380. The number of piperidine rings is 1. The summed E-state index contributed by atoms with van der Waals surface area (Å²) in [5, 5.41) is 6.98. The molecule has 0 aliphatic carbocycles. The third kappa shape index (κ3) is 6.66. The maximum Gasteiger partial charge on any atom is 0.274 e. The maximum absolute atomic E-state index is 13.5. The maximum atomic E-state index is 13.5. The normalized spacial score (nSPS) is 19.2. The number of hydrogen-bond donors (Lipinski definition) is 3. The molecule has 3 saturated heterocycles. The van der Waals surface area contributed by atoms with Crippen LogP contribution in [-0.4, -0.2) is 91.8 Å². The van der Waals surface area contributed by atoms with Gasteiger partial charge in [-0.1, -0.05) is 17.4 Å². The molecule has 0 bridgehead atoms. The summed E-state index contributed by atoms with van der Waals surface area (Å²) in [4.78, 5) is 46.2. The first kappa shape index (κ1) is 29.3. The van der Waals surface area contributed by atoms with Crippen molar-refractivity contribution in [2.24, 2.45) is 5.73 Å². The van der Waals surface area contributed by atoms with Crippen molar-refractivity contribution < 1.29 is 14.3 Å². The topological polar surface area (TPSA) is 142 Å². The van der Waals surface area contributed by atoms with Crippen molar-refractivity contribution in [2.45, 2.75) is 31.7 Å². The van der Waals surface area contributed by atoms with Gasteiger partial charge in [0.25, 0.3) is 5.91 Å². The Morgan fingerprint density at radius 1 is 1.00 bits per heavy atom. The van der Waals surface area contributed by atoms with Crippen LogP contribution in [0.4, 0.5) is 22.5 Å². The Hall–Kier alpha value is -3.20. The first-order valence-corrected chi connectivity index (χ1v) is 14.8. The average Bonchev–Trinajstić information content (AvgIpc) is 3.64. The summed E-state index contributed by atoms with van der Waals surface area (Å²) in [6.45, 7) is 6.12. The number of nitrogens with two attached hydrogens (primary N) is 1. The molecule has 3 aliphatic heterocycles. The van der Waals surface area contributed by atoms with E-state index in [1.807, 2.05) is 18.2 Å². The van der Waals surface area contributed by atoms with Crippen LogP contribution < -0.4 is 31.1 Å². The van der Waals surface area contributed by atoms with Crippen LogP contribution in [0.25, 0.3) is 10.3 Å². The molecule has 6 heterocycles. The summed E-state index contributed by atoms with van der Waals surface area (Å²) in [6.07, 6.45) is 4.18. The van der Waals surface area contributed by atoms with Crippen LogP contribution in [0.2, 0.25) is 0 Å². The summed E-state index contributed by atoms with van der Waals surface area (Å²) in [5.74, 6) is 1.01. The van der Waals surface area contributed by atoms with Crippen LogP contribution in [0.5, 0.6) is 0 Å². The number of pyridine rings is 2. The quantitative estimate of drug-likeness (QED) is 0.369. The molecule has 220 valence electrons. The molecular formula is C27H37N9O3S2. The van der Waals surface area contributed by atoms with Gasteiger partial charge < -0.3 is 35.8 Å². The van der Waals surface area contributed by atoms with E-state index in [-0.39, 0.29) is 37.9 Å². The molecule has 0 unspecified atom stereocenters. The van der Waals surface area contributed by atoms with Gasteiger partial charge in [-0.05, 0) is 43.9 Å². The van der Waals surface area contributed by atoms with Crippen molar-refractivity contribution in [2.75, 3.05) is 79.0 Å². The fourth-order valence-corrected chi connectivity index (χ4v) is 6.46. The molecule has 3 aromatic rings. The summed E-state index contributed by atoms with van der Waals surface area (Å²) in [6, 6.07) is 7.47. The molecule has 3 fully saturated rings. The van der Waals surface area contributed by atoms with Crippen molar-refractivity contribution in [1.29, 1.82) is 0 Å². The number of fused-ring (bicyclic) bond motifs is 1. The van der Waals surface area contributed by atoms with Crippen molar-refractivity contribution in [3.63, 3.8) is 0 Å². The SMILES string of the molecule is NCC(=O)N[C@H]1CCN(c2cccc(C(=O)Nc3cc4sc(N5CCOCC5)nc4nc3N3CCCCC3)n2)C1.S. The van der Waals surface area contributed by atoms with Gasteiger partial charge in [-0.3, -0.25) is 9.59 Å². The molecule has 0 radical (unpaired) electrons. The number of carbonyl (C=O) groups excluding carboxylic acids is 2. The van der Waals surface area contributed by atoms with Gasteiger partial charge in [0.05, 0.1) is 30.1 Å². The number of amides is 2. The Morgan fingerprint density at radius 2 is 1.80 bits per heavy atom. The fourth-order valence-electron chi connectivity index (χ4n) is 5.46. The van der Waals surface area contributed by atoms with Gasteiger partial charge in [-0.25, -0.2) is 9.97 Å². The third-order valence-electron chi connectivity index (χ3n) is 7.57. The minimum absolute atomic E-state index is 0. The highest BCUT2D eigenvalue weighted by Gasteiger charge is 2.26. The van der Waals surface area contributed by atoms with Gasteiger partial charge >= 0.3 is 0 Å². The highest BCUT2D eigenvalue weighted by atomic mass is 32.1. The largest absolute Gasteiger partial charge is 0.378 e. The van der Waals surface area contributed by atoms with Gasteiger partial charge in [0.15, 0.2) is 16.6 Å². The number of carbonyl (C=O) groups is 2. The zero-order valence-corrected chi connectivity index (χ0v) is 24.8. The molecule has 1 atom stereocenters. The average molecular weight is 600 g/mol. The lowest BCUT2D eigenvalue weighted by Gasteiger charge is -2.29. The van der Waals surface area contributed by atoms with Crippen LogP contribution in [-0.2, 0) is 9.53 Å². The van der Waals surface area contributed by atoms with Crippen molar-refractivity contribution in [3.05, 3.63) is 30.0 Å². The summed E-state index contributed by atoms with van der Waals surface area (Å²) in [7, 11) is 0. The Kier molecular flexibility index (Phi) is 9.42. The molecule has 0 spiro atoms. The molecule has 3 aliphatic rings. The van der Waals surface area contributed by atoms with Gasteiger partial charge in [-0.2, -0.15) is 18.5 Å². The first-order chi connectivity index (χ1) is 19.6. The summed E-state index contributed by atoms with van der Waals surface area (Å²) >= 11 is 1.59. The van der Waals surface area contributed by atoms with Crippen LogP contribution in [0.1, 0.15) is 36.2 Å². The minimum Gasteiger partial charge on any atom is -0.378 e. The lowest BCUT2D eigenvalue weighted by atomic mass is 10.1. The molecular weight excluding hydrogens is 562 g/mol. The monoisotopic (exact) mass is 599 g/mol. The van der Waals surface area contributed by atoms with E-state index in [4.69, 9.17) is 20.4 Å². The van der Waals surface area contributed by atoms with Crippen LogP contribution in [0, 0.1) is 0 Å². The number of rotatable bonds is 7. The van der Waals surface area contributed by atoms with E-state index in [0.717, 1.165) is 67.6 Å². The van der Waals surface area contributed by atoms with Gasteiger partial charge in [0.1, 0.15) is 11.5 Å². The molecule has 6 rings (SSSR count). The molecule has 12 nitrogen and oxygen atoms in total. The standard InChI is InChI=1S/C27H35N9O3S.H2S/c28-16-23(37)29-18-7-10-36(17-18)22-6-4-5-19(30-22)26(38)31-20-15-21-24(32-25(20)34-8-2-1-3-9-34)33-27(40-21)35-11-13-39-14-12-35;/h4-6,15,18H,1-3,7-14,16-17,28H2,(H,29,37)(H,31,38);1H2/t18-;/m0./s1. The Morgan fingerprint density at radius 3 is 2.59 bits per heavy atom. The van der Waals surface area contributed by atoms with E-state index in [1.165, 1.54) is 6.42 Å². The Labute approximate surface area is 250 Å². The van der Waals surface area contributed by atoms with Crippen molar-refractivity contribution >= 4 is 69.4 Å². The van der Waals surface area contributed by atoms with E-state index >= 15 is 0 Å². The second-order valence-corrected chi connectivity index (χ2v) is 11.4. The molecule has 2 amide bonds. The molecule has 41 heavy (non-hydrogen) atoms. The zero-order valence-electron chi connectivity index (χ0n) is 23.0. The number of anilines is 4. The Balaban J connectivity index is 0.00000337. The highest BCUT2D eigenvalue weighted by Crippen LogP contribution is 2.35. The predicted molar refractivity (Wildman–Crippen MR) is 167 cm³/mol. The van der Waals surface area contributed by atoms with Crippen molar-refractivity contribution in [1.82, 2.24) is 20.3 Å². The highest BCUT2D eigenvalue weighted by molar-refractivity contribution is 7.59. The lowest BCUT2D eigenvalue weighted by molar-refractivity contribution is -0.120.